The second kappa shape index (κ2) is 7.84. The number of hydrogen-bond donors (Lipinski definition) is 1. The van der Waals surface area contributed by atoms with Gasteiger partial charge in [-0.1, -0.05) is 41.9 Å². The van der Waals surface area contributed by atoms with Crippen molar-refractivity contribution in [1.29, 1.82) is 0 Å². The molecule has 0 unspecified atom stereocenters. The molecule has 0 saturated heterocycles. The van der Waals surface area contributed by atoms with Crippen LogP contribution in [-0.2, 0) is 14.9 Å². The highest BCUT2D eigenvalue weighted by molar-refractivity contribution is 6.31. The van der Waals surface area contributed by atoms with Crippen molar-refractivity contribution < 1.29 is 14.3 Å². The van der Waals surface area contributed by atoms with Gasteiger partial charge < -0.3 is 10.1 Å². The molecule has 2 aromatic carbocycles. The molecular weight excluding hydrogens is 388 g/mol. The number of aryl methyl sites for hydroxylation is 1. The van der Waals surface area contributed by atoms with Crippen LogP contribution in [-0.4, -0.2) is 30.0 Å². The van der Waals surface area contributed by atoms with E-state index in [0.717, 1.165) is 23.7 Å². The summed E-state index contributed by atoms with van der Waals surface area (Å²) in [6, 6.07) is 17.1. The number of aromatic nitrogens is 1. The third-order valence-corrected chi connectivity index (χ3v) is 5.62. The Balaban J connectivity index is 1.35. The van der Waals surface area contributed by atoms with E-state index in [1.807, 2.05) is 18.2 Å². The van der Waals surface area contributed by atoms with E-state index in [4.69, 9.17) is 16.3 Å². The topological polar surface area (TPSA) is 68.3 Å². The van der Waals surface area contributed by atoms with Crippen LogP contribution in [0.1, 0.15) is 34.5 Å². The van der Waals surface area contributed by atoms with Gasteiger partial charge >= 0.3 is 5.97 Å². The molecule has 3 aromatic rings. The van der Waals surface area contributed by atoms with Crippen LogP contribution in [0.2, 0.25) is 5.02 Å². The molecule has 1 aliphatic rings. The molecule has 1 aromatic heterocycles. The molecule has 1 aliphatic carbocycles. The number of nitrogens with zero attached hydrogens (tertiary/aromatic N) is 1. The van der Waals surface area contributed by atoms with Gasteiger partial charge in [0.05, 0.1) is 16.8 Å². The summed E-state index contributed by atoms with van der Waals surface area (Å²) in [5.74, 6) is -0.883. The zero-order chi connectivity index (χ0) is 20.4. The number of carbonyl (C=O) groups is 2. The van der Waals surface area contributed by atoms with Gasteiger partial charge in [0.2, 0.25) is 0 Å². The van der Waals surface area contributed by atoms with E-state index < -0.39 is 5.97 Å². The van der Waals surface area contributed by atoms with Gasteiger partial charge in [0, 0.05) is 22.4 Å². The Morgan fingerprint density at radius 2 is 1.90 bits per heavy atom. The summed E-state index contributed by atoms with van der Waals surface area (Å²) >= 11 is 6.02. The Labute approximate surface area is 174 Å². The third-order valence-electron chi connectivity index (χ3n) is 5.39. The lowest BCUT2D eigenvalue weighted by Gasteiger charge is -2.16. The second-order valence-electron chi connectivity index (χ2n) is 7.46. The minimum Gasteiger partial charge on any atom is -0.452 e. The normalized spacial score (nSPS) is 14.4. The van der Waals surface area contributed by atoms with E-state index in [1.165, 1.54) is 5.56 Å². The molecule has 0 aliphatic heterocycles. The van der Waals surface area contributed by atoms with Crippen LogP contribution in [0.15, 0.2) is 54.6 Å². The van der Waals surface area contributed by atoms with Crippen molar-refractivity contribution in [1.82, 2.24) is 10.3 Å². The zero-order valence-corrected chi connectivity index (χ0v) is 16.8. The molecule has 0 bridgehead atoms. The van der Waals surface area contributed by atoms with Crippen LogP contribution in [0.5, 0.6) is 0 Å². The number of nitrogens with one attached hydrogen (secondary N) is 1. The Morgan fingerprint density at radius 3 is 2.62 bits per heavy atom. The lowest BCUT2D eigenvalue weighted by molar-refractivity contribution is -0.124. The van der Waals surface area contributed by atoms with Crippen LogP contribution >= 0.6 is 11.6 Å². The quantitative estimate of drug-likeness (QED) is 0.620. The molecule has 5 nitrogen and oxygen atoms in total. The van der Waals surface area contributed by atoms with E-state index in [1.54, 1.807) is 31.2 Å². The maximum absolute atomic E-state index is 12.5. The molecular formula is C23H21ClN2O3. The number of ether oxygens (including phenoxy) is 1. The summed E-state index contributed by atoms with van der Waals surface area (Å²) in [6.45, 7) is 1.96. The summed E-state index contributed by atoms with van der Waals surface area (Å²) < 4.78 is 5.22. The molecule has 1 saturated carbocycles. The van der Waals surface area contributed by atoms with Crippen LogP contribution in [0, 0.1) is 6.92 Å². The predicted molar refractivity (Wildman–Crippen MR) is 112 cm³/mol. The first-order valence-corrected chi connectivity index (χ1v) is 9.91. The molecule has 0 spiro atoms. The predicted octanol–water partition coefficient (Wildman–Crippen LogP) is 4.20. The summed E-state index contributed by atoms with van der Waals surface area (Å²) in [4.78, 5) is 29.1. The first kappa shape index (κ1) is 19.4. The molecule has 0 radical (unpaired) electrons. The zero-order valence-electron chi connectivity index (χ0n) is 16.1. The maximum Gasteiger partial charge on any atom is 0.340 e. The summed E-state index contributed by atoms with van der Waals surface area (Å²) in [6.07, 6.45) is 2.09. The van der Waals surface area contributed by atoms with Crippen LogP contribution < -0.4 is 5.32 Å². The van der Waals surface area contributed by atoms with Crippen molar-refractivity contribution in [2.45, 2.75) is 25.2 Å². The summed E-state index contributed by atoms with van der Waals surface area (Å²) in [5, 5.41) is 4.21. The molecule has 0 atom stereocenters. The van der Waals surface area contributed by atoms with E-state index >= 15 is 0 Å². The number of esters is 1. The largest absolute Gasteiger partial charge is 0.452 e. The van der Waals surface area contributed by atoms with Crippen molar-refractivity contribution in [2.24, 2.45) is 0 Å². The monoisotopic (exact) mass is 408 g/mol. The van der Waals surface area contributed by atoms with Gasteiger partial charge in [-0.3, -0.25) is 9.78 Å². The third kappa shape index (κ3) is 4.25. The minimum atomic E-state index is -0.573. The van der Waals surface area contributed by atoms with E-state index in [-0.39, 0.29) is 17.9 Å². The van der Waals surface area contributed by atoms with Gasteiger partial charge in [-0.2, -0.15) is 0 Å². The average molecular weight is 409 g/mol. The number of amides is 1. The SMILES string of the molecule is Cc1nc2ccc(Cl)cc2cc1C(=O)OCC(=O)NCC1(c2ccccc2)CC1. The number of rotatable bonds is 6. The number of hydrogen-bond acceptors (Lipinski definition) is 4. The van der Waals surface area contributed by atoms with Gasteiger partial charge in [0.15, 0.2) is 6.61 Å². The second-order valence-corrected chi connectivity index (χ2v) is 7.89. The highest BCUT2D eigenvalue weighted by Crippen LogP contribution is 2.47. The molecule has 1 N–H and O–H groups in total. The Morgan fingerprint density at radius 1 is 1.14 bits per heavy atom. The van der Waals surface area contributed by atoms with Gasteiger partial charge in [0.25, 0.3) is 5.91 Å². The first-order chi connectivity index (χ1) is 14.0. The highest BCUT2D eigenvalue weighted by atomic mass is 35.5. The van der Waals surface area contributed by atoms with Crippen molar-refractivity contribution >= 4 is 34.4 Å². The Bertz CT molecular complexity index is 1080. The first-order valence-electron chi connectivity index (χ1n) is 9.53. The number of benzene rings is 2. The summed E-state index contributed by atoms with van der Waals surface area (Å²) in [5.41, 5.74) is 2.87. The van der Waals surface area contributed by atoms with Gasteiger partial charge in [-0.15, -0.1) is 0 Å². The molecule has 29 heavy (non-hydrogen) atoms. The molecule has 6 heteroatoms. The fraction of sp³-hybridized carbons (Fsp3) is 0.261. The molecule has 1 heterocycles. The molecule has 1 amide bonds. The van der Waals surface area contributed by atoms with Gasteiger partial charge in [0.1, 0.15) is 0 Å². The lowest BCUT2D eigenvalue weighted by atomic mass is 9.96. The molecule has 4 rings (SSSR count). The van der Waals surface area contributed by atoms with Crippen molar-refractivity contribution in [3.63, 3.8) is 0 Å². The molecule has 1 fully saturated rings. The number of pyridine rings is 1. The Kier molecular flexibility index (Phi) is 5.24. The summed E-state index contributed by atoms with van der Waals surface area (Å²) in [7, 11) is 0. The minimum absolute atomic E-state index is 0.0129. The van der Waals surface area contributed by atoms with Gasteiger partial charge in [-0.05, 0) is 49.6 Å². The standard InChI is InChI=1S/C23H21ClN2O3/c1-15-19(12-16-11-18(24)7-8-20(16)26-15)22(28)29-13-21(27)25-14-23(9-10-23)17-5-3-2-4-6-17/h2-8,11-12H,9-10,13-14H2,1H3,(H,25,27). The average Bonchev–Trinajstić information content (AvgIpc) is 3.52. The van der Waals surface area contributed by atoms with Crippen LogP contribution in [0.4, 0.5) is 0 Å². The van der Waals surface area contributed by atoms with Gasteiger partial charge in [-0.25, -0.2) is 4.79 Å². The smallest absolute Gasteiger partial charge is 0.340 e. The van der Waals surface area contributed by atoms with Crippen molar-refractivity contribution in [3.8, 4) is 0 Å². The fourth-order valence-electron chi connectivity index (χ4n) is 3.49. The van der Waals surface area contributed by atoms with Crippen molar-refractivity contribution in [2.75, 3.05) is 13.2 Å². The Hall–Kier alpha value is -2.92. The van der Waals surface area contributed by atoms with Crippen LogP contribution in [0.25, 0.3) is 10.9 Å². The van der Waals surface area contributed by atoms with E-state index in [2.05, 4.69) is 22.4 Å². The fourth-order valence-corrected chi connectivity index (χ4v) is 3.67. The maximum atomic E-state index is 12.5. The van der Waals surface area contributed by atoms with E-state index in [9.17, 15) is 9.59 Å². The van der Waals surface area contributed by atoms with Crippen molar-refractivity contribution in [3.05, 3.63) is 76.4 Å². The van der Waals surface area contributed by atoms with E-state index in [0.29, 0.717) is 22.8 Å². The lowest BCUT2D eigenvalue weighted by Crippen LogP contribution is -2.35. The number of halogens is 1. The number of carbonyl (C=O) groups excluding carboxylic acids is 2. The highest BCUT2D eigenvalue weighted by Gasteiger charge is 2.44. The van der Waals surface area contributed by atoms with Crippen LogP contribution in [0.3, 0.4) is 0 Å². The number of fused-ring (bicyclic) bond motifs is 1. The molecule has 148 valence electrons.